The summed E-state index contributed by atoms with van der Waals surface area (Å²) in [5.41, 5.74) is -0.690. The second-order valence-corrected chi connectivity index (χ2v) is 7.42. The van der Waals surface area contributed by atoms with E-state index in [9.17, 15) is 22.0 Å². The second-order valence-electron chi connectivity index (χ2n) is 4.85. The maximum Gasteiger partial charge on any atom is 0.261 e. The van der Waals surface area contributed by atoms with Gasteiger partial charge in [0.1, 0.15) is 0 Å². The highest BCUT2D eigenvalue weighted by Gasteiger charge is 2.23. The number of rotatable bonds is 5. The van der Waals surface area contributed by atoms with E-state index in [0.29, 0.717) is 6.07 Å². The molecule has 1 N–H and O–H groups in total. The predicted molar refractivity (Wildman–Crippen MR) is 75.8 cm³/mol. The molecular formula is C13H16ClF2NO3S. The molecule has 0 fully saturated rings. The molecule has 0 radical (unpaired) electrons. The SMILES string of the molecule is CCC(C)C(C)NC(=O)c1cc(S(=O)(=O)Cl)cc(F)c1F. The summed E-state index contributed by atoms with van der Waals surface area (Å²) in [6.45, 7) is 5.54. The van der Waals surface area contributed by atoms with E-state index in [1.54, 1.807) is 6.92 Å². The Kier molecular flexibility index (Phi) is 5.69. The van der Waals surface area contributed by atoms with Crippen LogP contribution in [0.5, 0.6) is 0 Å². The van der Waals surface area contributed by atoms with Gasteiger partial charge in [0.05, 0.1) is 10.5 Å². The third-order valence-corrected chi connectivity index (χ3v) is 4.72. The highest BCUT2D eigenvalue weighted by molar-refractivity contribution is 8.13. The van der Waals surface area contributed by atoms with E-state index < -0.39 is 37.1 Å². The van der Waals surface area contributed by atoms with Crippen molar-refractivity contribution in [1.82, 2.24) is 5.32 Å². The Labute approximate surface area is 126 Å². The van der Waals surface area contributed by atoms with Crippen LogP contribution in [0.25, 0.3) is 0 Å². The van der Waals surface area contributed by atoms with E-state index in [1.807, 2.05) is 13.8 Å². The molecule has 1 amide bonds. The third-order valence-electron chi connectivity index (χ3n) is 3.38. The van der Waals surface area contributed by atoms with Crippen molar-refractivity contribution in [2.24, 2.45) is 5.92 Å². The van der Waals surface area contributed by atoms with E-state index in [1.165, 1.54) is 0 Å². The van der Waals surface area contributed by atoms with Gasteiger partial charge in [-0.1, -0.05) is 20.3 Å². The average Bonchev–Trinajstić information content (AvgIpc) is 2.39. The number of nitrogens with one attached hydrogen (secondary N) is 1. The molecule has 21 heavy (non-hydrogen) atoms. The lowest BCUT2D eigenvalue weighted by atomic mass is 10.0. The number of hydrogen-bond acceptors (Lipinski definition) is 3. The molecular weight excluding hydrogens is 324 g/mol. The fraction of sp³-hybridized carbons (Fsp3) is 0.462. The normalized spacial score (nSPS) is 14.6. The summed E-state index contributed by atoms with van der Waals surface area (Å²) in [6.07, 6.45) is 0.786. The van der Waals surface area contributed by atoms with E-state index >= 15 is 0 Å². The third kappa shape index (κ3) is 4.38. The van der Waals surface area contributed by atoms with Crippen LogP contribution in [-0.2, 0) is 9.05 Å². The van der Waals surface area contributed by atoms with Crippen LogP contribution in [0.2, 0.25) is 0 Å². The molecule has 4 nitrogen and oxygen atoms in total. The first-order chi connectivity index (χ1) is 9.57. The topological polar surface area (TPSA) is 63.2 Å². The summed E-state index contributed by atoms with van der Waals surface area (Å²) >= 11 is 0. The van der Waals surface area contributed by atoms with Crippen molar-refractivity contribution in [3.63, 3.8) is 0 Å². The molecule has 0 spiro atoms. The maximum absolute atomic E-state index is 13.7. The fourth-order valence-electron chi connectivity index (χ4n) is 1.65. The highest BCUT2D eigenvalue weighted by atomic mass is 35.7. The Morgan fingerprint density at radius 2 is 1.90 bits per heavy atom. The average molecular weight is 340 g/mol. The van der Waals surface area contributed by atoms with Gasteiger partial charge in [-0.25, -0.2) is 17.2 Å². The van der Waals surface area contributed by atoms with Crippen molar-refractivity contribution in [1.29, 1.82) is 0 Å². The smallest absolute Gasteiger partial charge is 0.261 e. The first kappa shape index (κ1) is 17.8. The van der Waals surface area contributed by atoms with Gasteiger partial charge in [-0.15, -0.1) is 0 Å². The van der Waals surface area contributed by atoms with Gasteiger partial charge < -0.3 is 5.32 Å². The van der Waals surface area contributed by atoms with Crippen LogP contribution in [0, 0.1) is 17.6 Å². The van der Waals surface area contributed by atoms with E-state index in [2.05, 4.69) is 5.32 Å². The summed E-state index contributed by atoms with van der Waals surface area (Å²) in [5, 5.41) is 2.51. The largest absolute Gasteiger partial charge is 0.349 e. The Bertz CT molecular complexity index is 649. The van der Waals surface area contributed by atoms with Crippen LogP contribution >= 0.6 is 10.7 Å². The van der Waals surface area contributed by atoms with Crippen LogP contribution in [0.3, 0.4) is 0 Å². The summed E-state index contributed by atoms with van der Waals surface area (Å²) in [5.74, 6) is -3.62. The van der Waals surface area contributed by atoms with Gasteiger partial charge >= 0.3 is 0 Å². The van der Waals surface area contributed by atoms with Crippen molar-refractivity contribution >= 4 is 25.6 Å². The quantitative estimate of drug-likeness (QED) is 0.839. The van der Waals surface area contributed by atoms with Crippen LogP contribution in [0.4, 0.5) is 8.78 Å². The van der Waals surface area contributed by atoms with Gasteiger partial charge in [0.25, 0.3) is 15.0 Å². The van der Waals surface area contributed by atoms with Gasteiger partial charge in [-0.2, -0.15) is 0 Å². The monoisotopic (exact) mass is 339 g/mol. The number of hydrogen-bond donors (Lipinski definition) is 1. The summed E-state index contributed by atoms with van der Waals surface area (Å²) in [6, 6.07) is 0.882. The van der Waals surface area contributed by atoms with Gasteiger partial charge in [-0.3, -0.25) is 4.79 Å². The molecule has 0 aliphatic carbocycles. The number of carbonyl (C=O) groups is 1. The second kappa shape index (κ2) is 6.70. The summed E-state index contributed by atoms with van der Waals surface area (Å²) in [4.78, 5) is 11.3. The molecule has 0 saturated heterocycles. The molecule has 0 aliphatic rings. The molecule has 118 valence electrons. The molecule has 0 aromatic heterocycles. The first-order valence-corrected chi connectivity index (χ1v) is 8.63. The summed E-state index contributed by atoms with van der Waals surface area (Å²) in [7, 11) is 0.828. The van der Waals surface area contributed by atoms with E-state index in [-0.39, 0.29) is 12.0 Å². The van der Waals surface area contributed by atoms with Gasteiger partial charge in [-0.05, 0) is 25.0 Å². The standard InChI is InChI=1S/C13H16ClF2NO3S/c1-4-7(2)8(3)17-13(18)10-5-9(21(14,19)20)6-11(15)12(10)16/h5-8H,4H2,1-3H3,(H,17,18). The molecule has 0 saturated carbocycles. The molecule has 8 heteroatoms. The minimum absolute atomic E-state index is 0.127. The Morgan fingerprint density at radius 1 is 1.33 bits per heavy atom. The van der Waals surface area contributed by atoms with Crippen molar-refractivity contribution in [2.75, 3.05) is 0 Å². The van der Waals surface area contributed by atoms with Gasteiger partial charge in [0.15, 0.2) is 11.6 Å². The van der Waals surface area contributed by atoms with Gasteiger partial charge in [0.2, 0.25) is 0 Å². The zero-order valence-corrected chi connectivity index (χ0v) is 13.4. The van der Waals surface area contributed by atoms with E-state index in [0.717, 1.165) is 12.5 Å². The molecule has 0 aliphatic heterocycles. The highest BCUT2D eigenvalue weighted by Crippen LogP contribution is 2.22. The van der Waals surface area contributed by atoms with Crippen LogP contribution in [0.1, 0.15) is 37.6 Å². The molecule has 0 bridgehead atoms. The molecule has 0 heterocycles. The molecule has 1 aromatic rings. The lowest BCUT2D eigenvalue weighted by Crippen LogP contribution is -2.37. The maximum atomic E-state index is 13.7. The molecule has 2 unspecified atom stereocenters. The molecule has 2 atom stereocenters. The number of benzene rings is 1. The minimum atomic E-state index is -4.26. The van der Waals surface area contributed by atoms with Crippen molar-refractivity contribution in [3.8, 4) is 0 Å². The number of carbonyl (C=O) groups excluding carboxylic acids is 1. The Hall–Kier alpha value is -1.21. The van der Waals surface area contributed by atoms with Gasteiger partial charge in [0, 0.05) is 16.7 Å². The Balaban J connectivity index is 3.18. The van der Waals surface area contributed by atoms with Crippen LogP contribution in [0.15, 0.2) is 17.0 Å². The van der Waals surface area contributed by atoms with E-state index in [4.69, 9.17) is 10.7 Å². The zero-order chi connectivity index (χ0) is 16.4. The molecule has 1 rings (SSSR count). The van der Waals surface area contributed by atoms with Crippen molar-refractivity contribution in [3.05, 3.63) is 29.3 Å². The van der Waals surface area contributed by atoms with Crippen molar-refractivity contribution in [2.45, 2.75) is 38.1 Å². The number of halogens is 3. The fourth-order valence-corrected chi connectivity index (χ4v) is 2.42. The van der Waals surface area contributed by atoms with Crippen LogP contribution in [-0.4, -0.2) is 20.4 Å². The molecule has 1 aromatic carbocycles. The Morgan fingerprint density at radius 3 is 2.38 bits per heavy atom. The predicted octanol–water partition coefficient (Wildman–Crippen LogP) is 3.06. The first-order valence-electron chi connectivity index (χ1n) is 6.32. The lowest BCUT2D eigenvalue weighted by molar-refractivity contribution is 0.0922. The van der Waals surface area contributed by atoms with Crippen LogP contribution < -0.4 is 5.32 Å². The lowest BCUT2D eigenvalue weighted by Gasteiger charge is -2.20. The minimum Gasteiger partial charge on any atom is -0.349 e. The summed E-state index contributed by atoms with van der Waals surface area (Å²) < 4.78 is 49.5. The number of amides is 1. The van der Waals surface area contributed by atoms with Crippen molar-refractivity contribution < 1.29 is 22.0 Å². The zero-order valence-electron chi connectivity index (χ0n) is 11.8.